The summed E-state index contributed by atoms with van der Waals surface area (Å²) in [5.74, 6) is -1.48. The van der Waals surface area contributed by atoms with E-state index in [0.717, 1.165) is 55.7 Å². The first kappa shape index (κ1) is 16.2. The number of piperidine rings is 1. The second kappa shape index (κ2) is 6.20. The number of carbonyl (C=O) groups is 3. The summed E-state index contributed by atoms with van der Waals surface area (Å²) < 4.78 is 1.14. The topological polar surface area (TPSA) is 75.0 Å². The predicted octanol–water partition coefficient (Wildman–Crippen LogP) is 0.784. The van der Waals surface area contributed by atoms with E-state index in [1.165, 1.54) is 7.05 Å². The highest BCUT2D eigenvalue weighted by molar-refractivity contribution is 7.18. The average molecular weight is 359 g/mol. The summed E-state index contributed by atoms with van der Waals surface area (Å²) >= 11 is 1.67. The van der Waals surface area contributed by atoms with Gasteiger partial charge in [-0.25, -0.2) is 14.7 Å². The zero-order valence-electron chi connectivity index (χ0n) is 13.9. The van der Waals surface area contributed by atoms with Crippen LogP contribution in [0.25, 0.3) is 10.2 Å². The maximum absolute atomic E-state index is 12.2. The van der Waals surface area contributed by atoms with Crippen molar-refractivity contribution < 1.29 is 19.3 Å². The monoisotopic (exact) mass is 359 g/mol. The molecule has 8 heteroatoms. The molecule has 0 aliphatic carbocycles. The van der Waals surface area contributed by atoms with Crippen LogP contribution in [-0.4, -0.2) is 52.9 Å². The molecule has 0 spiro atoms. The fourth-order valence-corrected chi connectivity index (χ4v) is 4.72. The van der Waals surface area contributed by atoms with Crippen LogP contribution in [0.5, 0.6) is 0 Å². The van der Waals surface area contributed by atoms with Gasteiger partial charge in [-0.15, -0.1) is 11.3 Å². The molecule has 130 valence electrons. The number of thiazole rings is 1. The molecule has 0 saturated carbocycles. The molecule has 2 aliphatic rings. The molecule has 1 N–H and O–H groups in total. The van der Waals surface area contributed by atoms with E-state index >= 15 is 0 Å². The van der Waals surface area contributed by atoms with Crippen molar-refractivity contribution in [2.75, 3.05) is 20.3 Å². The molecule has 2 fully saturated rings. The van der Waals surface area contributed by atoms with E-state index in [1.807, 2.05) is 18.2 Å². The minimum absolute atomic E-state index is 0.146. The lowest BCUT2D eigenvalue weighted by Gasteiger charge is -2.32. The molecule has 2 aliphatic heterocycles. The highest BCUT2D eigenvalue weighted by Crippen LogP contribution is 2.28. The number of rotatable bonds is 3. The van der Waals surface area contributed by atoms with Crippen LogP contribution in [-0.2, 0) is 9.59 Å². The molecule has 1 aromatic carbocycles. The molecule has 25 heavy (non-hydrogen) atoms. The minimum atomic E-state index is -0.752. The number of likely N-dealkylation sites (N-methyl/N-ethyl adjacent to an activating group) is 1. The molecule has 4 amide bonds. The van der Waals surface area contributed by atoms with Crippen molar-refractivity contribution in [1.29, 1.82) is 0 Å². The molecule has 3 heterocycles. The van der Waals surface area contributed by atoms with E-state index in [4.69, 9.17) is 4.98 Å². The van der Waals surface area contributed by atoms with E-state index in [2.05, 4.69) is 6.07 Å². The Kier molecular flexibility index (Phi) is 4.01. The number of imide groups is 2. The summed E-state index contributed by atoms with van der Waals surface area (Å²) in [6.45, 7) is 1.07. The van der Waals surface area contributed by atoms with Crippen LogP contribution < -0.4 is 4.90 Å². The summed E-state index contributed by atoms with van der Waals surface area (Å²) in [7, 11) is 1.35. The van der Waals surface area contributed by atoms with Crippen LogP contribution in [0.2, 0.25) is 0 Å². The third kappa shape index (κ3) is 2.71. The maximum atomic E-state index is 12.2. The number of nitrogens with one attached hydrogen (secondary N) is 1. The van der Waals surface area contributed by atoms with Gasteiger partial charge in [-0.3, -0.25) is 14.5 Å². The zero-order valence-corrected chi connectivity index (χ0v) is 14.7. The third-order valence-electron chi connectivity index (χ3n) is 4.95. The molecule has 2 saturated heterocycles. The van der Waals surface area contributed by atoms with Crippen LogP contribution in [0.4, 0.5) is 4.79 Å². The van der Waals surface area contributed by atoms with E-state index in [9.17, 15) is 14.4 Å². The molecule has 1 aromatic heterocycles. The largest absolute Gasteiger partial charge is 0.338 e. The highest BCUT2D eigenvalue weighted by Gasteiger charge is 2.45. The Morgan fingerprint density at radius 2 is 2.00 bits per heavy atom. The average Bonchev–Trinajstić information content (AvgIpc) is 3.14. The number of para-hydroxylation sites is 1. The van der Waals surface area contributed by atoms with Crippen molar-refractivity contribution in [3.63, 3.8) is 0 Å². The van der Waals surface area contributed by atoms with Gasteiger partial charge in [0.05, 0.1) is 16.8 Å². The van der Waals surface area contributed by atoms with Gasteiger partial charge >= 0.3 is 17.8 Å². The number of hydrogen-bond acceptors (Lipinski definition) is 5. The fraction of sp³-hybridized carbons (Fsp3) is 0.412. The molecule has 0 bridgehead atoms. The molecule has 1 unspecified atom stereocenters. The van der Waals surface area contributed by atoms with E-state index in [-0.39, 0.29) is 12.7 Å². The van der Waals surface area contributed by atoms with Gasteiger partial charge in [0.1, 0.15) is 6.04 Å². The molecule has 0 radical (unpaired) electrons. The first-order chi connectivity index (χ1) is 12.1. The van der Waals surface area contributed by atoms with Crippen molar-refractivity contribution in [3.05, 3.63) is 29.3 Å². The fourth-order valence-electron chi connectivity index (χ4n) is 3.56. The SMILES string of the molecule is CN1C(=O)C(=O)N(C[NH+]2CCCC[C@H]2c2nc3ccccc3s2)C1=O. The number of hydrogen-bond donors (Lipinski definition) is 1. The van der Waals surface area contributed by atoms with E-state index in [1.54, 1.807) is 11.3 Å². The van der Waals surface area contributed by atoms with Crippen molar-refractivity contribution in [1.82, 2.24) is 14.8 Å². The number of nitrogens with zero attached hydrogens (tertiary/aromatic N) is 3. The normalized spacial score (nSPS) is 24.6. The summed E-state index contributed by atoms with van der Waals surface area (Å²) in [5.41, 5.74) is 0.982. The number of benzene rings is 1. The smallest absolute Gasteiger partial charge is 0.309 e. The molecular weight excluding hydrogens is 340 g/mol. The van der Waals surface area contributed by atoms with Crippen LogP contribution in [0.15, 0.2) is 24.3 Å². The standard InChI is InChI=1S/C17H18N4O3S/c1-19-15(22)16(23)21(17(19)24)10-20-9-5-4-7-12(20)14-18-11-6-2-3-8-13(11)25-14/h2-3,6,8,12H,4-5,7,9-10H2,1H3/p+1/t12-/m0/s1. The van der Waals surface area contributed by atoms with Crippen LogP contribution in [0, 0.1) is 0 Å². The van der Waals surface area contributed by atoms with Gasteiger partial charge in [-0.2, -0.15) is 0 Å². The first-order valence-corrected chi connectivity index (χ1v) is 9.21. The van der Waals surface area contributed by atoms with Crippen LogP contribution >= 0.6 is 11.3 Å². The second-order valence-corrected chi connectivity index (χ2v) is 7.58. The predicted molar refractivity (Wildman–Crippen MR) is 91.9 cm³/mol. The number of fused-ring (bicyclic) bond motifs is 1. The lowest BCUT2D eigenvalue weighted by Crippen LogP contribution is -3.14. The number of amides is 4. The van der Waals surface area contributed by atoms with Crippen molar-refractivity contribution in [2.24, 2.45) is 0 Å². The minimum Gasteiger partial charge on any atom is -0.309 e. The Bertz CT molecular complexity index is 831. The van der Waals surface area contributed by atoms with E-state index in [0.29, 0.717) is 0 Å². The van der Waals surface area contributed by atoms with Crippen molar-refractivity contribution in [3.8, 4) is 0 Å². The lowest BCUT2D eigenvalue weighted by molar-refractivity contribution is -0.943. The first-order valence-electron chi connectivity index (χ1n) is 8.40. The Labute approximate surface area is 148 Å². The molecule has 2 atom stereocenters. The van der Waals surface area contributed by atoms with Crippen molar-refractivity contribution in [2.45, 2.75) is 25.3 Å². The molecule has 4 rings (SSSR count). The number of likely N-dealkylation sites (tertiary alicyclic amines) is 1. The van der Waals surface area contributed by atoms with Gasteiger partial charge in [0, 0.05) is 13.5 Å². The van der Waals surface area contributed by atoms with Gasteiger partial charge in [-0.05, 0) is 25.0 Å². The Morgan fingerprint density at radius 3 is 2.72 bits per heavy atom. The van der Waals surface area contributed by atoms with Crippen molar-refractivity contribution >= 4 is 39.4 Å². The summed E-state index contributed by atoms with van der Waals surface area (Å²) in [6, 6.07) is 7.64. The van der Waals surface area contributed by atoms with Gasteiger partial charge in [0.25, 0.3) is 0 Å². The number of carbonyl (C=O) groups excluding carboxylic acids is 3. The Hall–Kier alpha value is -2.32. The molecule has 2 aromatic rings. The van der Waals surface area contributed by atoms with Gasteiger partial charge in [0.15, 0.2) is 11.7 Å². The lowest BCUT2D eigenvalue weighted by atomic mass is 10.0. The van der Waals surface area contributed by atoms with Gasteiger partial charge in [-0.1, -0.05) is 12.1 Å². The molecule has 7 nitrogen and oxygen atoms in total. The van der Waals surface area contributed by atoms with E-state index < -0.39 is 17.8 Å². The summed E-state index contributed by atoms with van der Waals surface area (Å²) in [6.07, 6.45) is 3.11. The Balaban J connectivity index is 1.60. The van der Waals surface area contributed by atoms with Crippen LogP contribution in [0.1, 0.15) is 30.3 Å². The highest BCUT2D eigenvalue weighted by atomic mass is 32.1. The van der Waals surface area contributed by atoms with Crippen LogP contribution in [0.3, 0.4) is 0 Å². The quantitative estimate of drug-likeness (QED) is 0.649. The third-order valence-corrected chi connectivity index (χ3v) is 6.10. The summed E-state index contributed by atoms with van der Waals surface area (Å²) in [5, 5.41) is 1.04. The Morgan fingerprint density at radius 1 is 1.20 bits per heavy atom. The van der Waals surface area contributed by atoms with Gasteiger partial charge < -0.3 is 4.90 Å². The summed E-state index contributed by atoms with van der Waals surface area (Å²) in [4.78, 5) is 43.8. The zero-order chi connectivity index (χ0) is 17.6. The number of urea groups is 1. The number of aromatic nitrogens is 1. The number of quaternary nitrogens is 1. The maximum Gasteiger partial charge on any atom is 0.338 e. The van der Waals surface area contributed by atoms with Gasteiger partial charge in [0.2, 0.25) is 0 Å². The second-order valence-electron chi connectivity index (χ2n) is 6.51. The molecular formula is C17H19N4O3S+.